The molecule has 8 nitrogen and oxygen atoms in total. The minimum atomic E-state index is -0.722. The Kier molecular flexibility index (Phi) is 5.33. The summed E-state index contributed by atoms with van der Waals surface area (Å²) < 4.78 is 9.53. The van der Waals surface area contributed by atoms with E-state index in [4.69, 9.17) is 4.74 Å². The minimum Gasteiger partial charge on any atom is -0.435 e. The molecule has 2 rings (SSSR count). The number of hydrogen-bond donors (Lipinski definition) is 0. The highest BCUT2D eigenvalue weighted by atomic mass is 16.7. The van der Waals surface area contributed by atoms with Gasteiger partial charge in [-0.15, -0.1) is 15.0 Å². The van der Waals surface area contributed by atoms with E-state index >= 15 is 0 Å². The maximum Gasteiger partial charge on any atom is 0.510 e. The molecule has 0 saturated carbocycles. The van der Waals surface area contributed by atoms with Gasteiger partial charge >= 0.3 is 6.16 Å². The number of hydrogen-bond acceptors (Lipinski definition) is 7. The standard InChI is InChI=1S/C14H25N5O3/c1-5-21-13(20)22-10-19-16-12(15-17-19)11-6-8-18(9-7-11)14(2,3)4/h11H,5-10H2,1-4H3. The molecular weight excluding hydrogens is 286 g/mol. The highest BCUT2D eigenvalue weighted by molar-refractivity contribution is 5.59. The Morgan fingerprint density at radius 2 is 1.95 bits per heavy atom. The van der Waals surface area contributed by atoms with Gasteiger partial charge in [-0.05, 0) is 58.8 Å². The summed E-state index contributed by atoms with van der Waals surface area (Å²) in [5.41, 5.74) is 0.198. The number of aromatic nitrogens is 4. The molecule has 0 amide bonds. The Labute approximate surface area is 130 Å². The molecule has 0 aromatic carbocycles. The van der Waals surface area contributed by atoms with Gasteiger partial charge in [0.1, 0.15) is 0 Å². The van der Waals surface area contributed by atoms with Crippen LogP contribution in [0.3, 0.4) is 0 Å². The van der Waals surface area contributed by atoms with Crippen LogP contribution in [0.25, 0.3) is 0 Å². The van der Waals surface area contributed by atoms with E-state index in [0.717, 1.165) is 31.8 Å². The molecule has 1 aromatic heterocycles. The summed E-state index contributed by atoms with van der Waals surface area (Å²) in [7, 11) is 0. The molecule has 0 N–H and O–H groups in total. The summed E-state index contributed by atoms with van der Waals surface area (Å²) in [5.74, 6) is 1.04. The Hall–Kier alpha value is -1.70. The monoisotopic (exact) mass is 311 g/mol. The Morgan fingerprint density at radius 1 is 1.27 bits per heavy atom. The van der Waals surface area contributed by atoms with E-state index < -0.39 is 6.16 Å². The van der Waals surface area contributed by atoms with Crippen molar-refractivity contribution in [1.82, 2.24) is 25.1 Å². The molecule has 0 aliphatic carbocycles. The molecule has 1 saturated heterocycles. The molecule has 22 heavy (non-hydrogen) atoms. The highest BCUT2D eigenvalue weighted by Crippen LogP contribution is 2.28. The van der Waals surface area contributed by atoms with Crippen molar-refractivity contribution in [2.45, 2.75) is 58.7 Å². The van der Waals surface area contributed by atoms with Crippen molar-refractivity contribution in [3.05, 3.63) is 5.82 Å². The Morgan fingerprint density at radius 3 is 2.55 bits per heavy atom. The number of ether oxygens (including phenoxy) is 2. The summed E-state index contributed by atoms with van der Waals surface area (Å²) in [5, 5.41) is 12.3. The van der Waals surface area contributed by atoms with Crippen LogP contribution in [0.2, 0.25) is 0 Å². The van der Waals surface area contributed by atoms with Crippen LogP contribution in [0.5, 0.6) is 0 Å². The molecule has 0 radical (unpaired) electrons. The second-order valence-corrected chi connectivity index (χ2v) is 6.41. The van der Waals surface area contributed by atoms with Gasteiger partial charge in [0.2, 0.25) is 6.73 Å². The van der Waals surface area contributed by atoms with E-state index in [1.807, 2.05) is 0 Å². The average Bonchev–Trinajstić information content (AvgIpc) is 2.93. The third-order valence-electron chi connectivity index (χ3n) is 3.84. The number of likely N-dealkylation sites (tertiary alicyclic amines) is 1. The summed E-state index contributed by atoms with van der Waals surface area (Å²) in [6.45, 7) is 10.7. The quantitative estimate of drug-likeness (QED) is 0.784. The van der Waals surface area contributed by atoms with Crippen molar-refractivity contribution in [2.24, 2.45) is 0 Å². The molecule has 124 valence electrons. The smallest absolute Gasteiger partial charge is 0.435 e. The van der Waals surface area contributed by atoms with Gasteiger partial charge < -0.3 is 9.47 Å². The molecule has 1 aromatic rings. The van der Waals surface area contributed by atoms with Crippen LogP contribution in [0.1, 0.15) is 52.3 Å². The fourth-order valence-corrected chi connectivity index (χ4v) is 2.55. The lowest BCUT2D eigenvalue weighted by Crippen LogP contribution is -2.45. The highest BCUT2D eigenvalue weighted by Gasteiger charge is 2.29. The average molecular weight is 311 g/mol. The SMILES string of the molecule is CCOC(=O)OCn1nnc(C2CCN(C(C)(C)C)CC2)n1. The van der Waals surface area contributed by atoms with Gasteiger partial charge in [-0.3, -0.25) is 4.90 Å². The lowest BCUT2D eigenvalue weighted by atomic mass is 9.92. The Balaban J connectivity index is 1.84. The molecule has 2 heterocycles. The van der Waals surface area contributed by atoms with Crippen LogP contribution in [0, 0.1) is 0 Å². The van der Waals surface area contributed by atoms with Gasteiger partial charge in [0.25, 0.3) is 0 Å². The largest absolute Gasteiger partial charge is 0.510 e. The van der Waals surface area contributed by atoms with Crippen LogP contribution < -0.4 is 0 Å². The third kappa shape index (κ3) is 4.40. The maximum atomic E-state index is 11.1. The van der Waals surface area contributed by atoms with Gasteiger partial charge in [0, 0.05) is 11.5 Å². The fourth-order valence-electron chi connectivity index (χ4n) is 2.55. The third-order valence-corrected chi connectivity index (χ3v) is 3.84. The zero-order chi connectivity index (χ0) is 16.2. The molecular formula is C14H25N5O3. The van der Waals surface area contributed by atoms with Crippen LogP contribution in [0.15, 0.2) is 0 Å². The molecule has 1 aliphatic heterocycles. The van der Waals surface area contributed by atoms with Gasteiger partial charge in [0.15, 0.2) is 5.82 Å². The van der Waals surface area contributed by atoms with Crippen molar-refractivity contribution in [3.63, 3.8) is 0 Å². The topological polar surface area (TPSA) is 82.4 Å². The molecule has 0 spiro atoms. The first kappa shape index (κ1) is 16.7. The van der Waals surface area contributed by atoms with Crippen LogP contribution >= 0.6 is 0 Å². The number of carbonyl (C=O) groups excluding carboxylic acids is 1. The number of carbonyl (C=O) groups is 1. The lowest BCUT2D eigenvalue weighted by Gasteiger charge is -2.40. The van der Waals surface area contributed by atoms with Crippen molar-refractivity contribution < 1.29 is 14.3 Å². The molecule has 8 heteroatoms. The number of rotatable bonds is 4. The fraction of sp³-hybridized carbons (Fsp3) is 0.857. The summed E-state index contributed by atoms with van der Waals surface area (Å²) in [6.07, 6.45) is 1.31. The first-order valence-corrected chi connectivity index (χ1v) is 7.72. The molecule has 1 aliphatic rings. The van der Waals surface area contributed by atoms with Crippen LogP contribution in [0.4, 0.5) is 4.79 Å². The van der Waals surface area contributed by atoms with Gasteiger partial charge in [-0.25, -0.2) is 4.79 Å². The summed E-state index contributed by atoms with van der Waals surface area (Å²) >= 11 is 0. The Bertz CT molecular complexity index is 489. The normalized spacial score (nSPS) is 17.5. The first-order chi connectivity index (χ1) is 10.4. The zero-order valence-corrected chi connectivity index (χ0v) is 13.8. The van der Waals surface area contributed by atoms with E-state index in [1.54, 1.807) is 6.92 Å². The predicted octanol–water partition coefficient (Wildman–Crippen LogP) is 1.78. The zero-order valence-electron chi connectivity index (χ0n) is 13.8. The van der Waals surface area contributed by atoms with E-state index in [9.17, 15) is 4.79 Å². The van der Waals surface area contributed by atoms with E-state index in [1.165, 1.54) is 4.80 Å². The van der Waals surface area contributed by atoms with E-state index in [-0.39, 0.29) is 18.9 Å². The number of piperidine rings is 1. The lowest BCUT2D eigenvalue weighted by molar-refractivity contribution is 0.0287. The van der Waals surface area contributed by atoms with Crippen molar-refractivity contribution in [3.8, 4) is 0 Å². The first-order valence-electron chi connectivity index (χ1n) is 7.72. The van der Waals surface area contributed by atoms with E-state index in [2.05, 4.69) is 45.8 Å². The molecule has 0 bridgehead atoms. The van der Waals surface area contributed by atoms with Crippen LogP contribution in [-0.2, 0) is 16.2 Å². The second-order valence-electron chi connectivity index (χ2n) is 6.41. The predicted molar refractivity (Wildman–Crippen MR) is 79.2 cm³/mol. The van der Waals surface area contributed by atoms with Gasteiger partial charge in [-0.2, -0.15) is 0 Å². The molecule has 0 atom stereocenters. The van der Waals surface area contributed by atoms with Gasteiger partial charge in [-0.1, -0.05) is 0 Å². The molecule has 0 unspecified atom stereocenters. The number of tetrazole rings is 1. The summed E-state index contributed by atoms with van der Waals surface area (Å²) in [4.78, 5) is 14.9. The van der Waals surface area contributed by atoms with Crippen molar-refractivity contribution in [2.75, 3.05) is 19.7 Å². The maximum absolute atomic E-state index is 11.1. The number of nitrogens with zero attached hydrogens (tertiary/aromatic N) is 5. The molecule has 1 fully saturated rings. The van der Waals surface area contributed by atoms with Crippen molar-refractivity contribution in [1.29, 1.82) is 0 Å². The van der Waals surface area contributed by atoms with E-state index in [0.29, 0.717) is 5.92 Å². The van der Waals surface area contributed by atoms with Crippen LogP contribution in [-0.4, -0.2) is 56.5 Å². The summed E-state index contributed by atoms with van der Waals surface area (Å²) in [6, 6.07) is 0. The second kappa shape index (κ2) is 7.04. The minimum absolute atomic E-state index is 0.0767. The van der Waals surface area contributed by atoms with Crippen molar-refractivity contribution >= 4 is 6.16 Å². The van der Waals surface area contributed by atoms with Gasteiger partial charge in [0.05, 0.1) is 6.61 Å².